The lowest BCUT2D eigenvalue weighted by molar-refractivity contribution is -0.134. The Bertz CT molecular complexity index is 1000. The fraction of sp³-hybridized carbons (Fsp3) is 0.150. The minimum absolute atomic E-state index is 0.131. The van der Waals surface area contributed by atoms with Crippen LogP contribution < -0.4 is 0 Å². The average Bonchev–Trinajstić information content (AvgIpc) is 3.09. The van der Waals surface area contributed by atoms with Gasteiger partial charge in [-0.2, -0.15) is 0 Å². The van der Waals surface area contributed by atoms with E-state index >= 15 is 0 Å². The molecule has 144 valence electrons. The molecular weight excluding hydrogens is 362 g/mol. The number of nitrogens with one attached hydrogen (secondary N) is 1. The Kier molecular flexibility index (Phi) is 7.15. The highest BCUT2D eigenvalue weighted by Gasteiger charge is 2.11. The first-order valence-corrected chi connectivity index (χ1v) is 8.38. The predicted octanol–water partition coefficient (Wildman–Crippen LogP) is 2.79. The highest BCUT2D eigenvalue weighted by molar-refractivity contribution is 6.07. The monoisotopic (exact) mass is 381 g/mol. The van der Waals surface area contributed by atoms with Crippen LogP contribution in [-0.2, 0) is 16.0 Å². The molecule has 0 aliphatic rings. The smallest absolute Gasteiger partial charge is 0.328 e. The molecule has 0 amide bonds. The maximum Gasteiger partial charge on any atom is 0.328 e. The largest absolute Gasteiger partial charge is 0.478 e. The molecular formula is C20H19N3O5. The molecule has 28 heavy (non-hydrogen) atoms. The van der Waals surface area contributed by atoms with E-state index in [0.29, 0.717) is 25.0 Å². The molecule has 0 bridgehead atoms. The van der Waals surface area contributed by atoms with E-state index in [1.54, 1.807) is 18.6 Å². The number of para-hydroxylation sites is 1. The molecule has 0 radical (unpaired) electrons. The number of Topliss-reactive ketones (excluding diaryl/α,β-unsaturated/α-hetero) is 1. The van der Waals surface area contributed by atoms with Gasteiger partial charge in [0, 0.05) is 41.4 Å². The Morgan fingerprint density at radius 2 is 1.71 bits per heavy atom. The van der Waals surface area contributed by atoms with Crippen LogP contribution in [-0.4, -0.2) is 42.9 Å². The van der Waals surface area contributed by atoms with Crippen LogP contribution in [0.4, 0.5) is 0 Å². The molecule has 3 N–H and O–H groups in total. The van der Waals surface area contributed by atoms with Crippen molar-refractivity contribution in [1.29, 1.82) is 0 Å². The van der Waals surface area contributed by atoms with Gasteiger partial charge in [-0.15, -0.1) is 0 Å². The molecule has 3 rings (SSSR count). The standard InChI is InChI=1S/C16H15N3O.C4H4O4/c1-11-14(19-10-18-11)6-7-16(20)13-8-9-17-15-5-3-2-4-12(13)15;5-3(6)1-2-4(7)8/h2-5,8-10H,6-7H2,1H3,(H,18,19);1-2H,(H,5,6)(H,7,8)/b;2-1-. The first kappa shape index (κ1) is 20.5. The van der Waals surface area contributed by atoms with Crippen LogP contribution >= 0.6 is 0 Å². The van der Waals surface area contributed by atoms with Gasteiger partial charge in [0.05, 0.1) is 17.5 Å². The molecule has 1 aromatic carbocycles. The molecule has 3 aromatic rings. The van der Waals surface area contributed by atoms with Crippen LogP contribution in [0.5, 0.6) is 0 Å². The molecule has 0 saturated heterocycles. The summed E-state index contributed by atoms with van der Waals surface area (Å²) >= 11 is 0. The number of benzene rings is 1. The van der Waals surface area contributed by atoms with Gasteiger partial charge in [0.15, 0.2) is 5.78 Å². The Hall–Kier alpha value is -3.81. The van der Waals surface area contributed by atoms with E-state index in [0.717, 1.165) is 27.9 Å². The number of imidazole rings is 1. The summed E-state index contributed by atoms with van der Waals surface area (Å²) in [6.45, 7) is 1.97. The number of fused-ring (bicyclic) bond motifs is 1. The molecule has 8 heteroatoms. The molecule has 0 saturated carbocycles. The molecule has 0 aliphatic carbocycles. The quantitative estimate of drug-likeness (QED) is 0.441. The van der Waals surface area contributed by atoms with Crippen LogP contribution in [0.1, 0.15) is 28.2 Å². The van der Waals surface area contributed by atoms with Gasteiger partial charge < -0.3 is 15.2 Å². The topological polar surface area (TPSA) is 133 Å². The lowest BCUT2D eigenvalue weighted by Gasteiger charge is -2.04. The number of hydrogen-bond donors (Lipinski definition) is 3. The number of pyridine rings is 1. The fourth-order valence-electron chi connectivity index (χ4n) is 2.49. The van der Waals surface area contributed by atoms with E-state index in [-0.39, 0.29) is 5.78 Å². The highest BCUT2D eigenvalue weighted by Crippen LogP contribution is 2.18. The number of aromatic amines is 1. The third-order valence-corrected chi connectivity index (χ3v) is 3.84. The van der Waals surface area contributed by atoms with Gasteiger partial charge in [-0.3, -0.25) is 9.78 Å². The number of hydrogen-bond acceptors (Lipinski definition) is 5. The van der Waals surface area contributed by atoms with Crippen molar-refractivity contribution in [2.45, 2.75) is 19.8 Å². The van der Waals surface area contributed by atoms with E-state index in [1.165, 1.54) is 0 Å². The van der Waals surface area contributed by atoms with E-state index in [4.69, 9.17) is 10.2 Å². The van der Waals surface area contributed by atoms with Gasteiger partial charge >= 0.3 is 11.9 Å². The first-order chi connectivity index (χ1) is 13.4. The Morgan fingerprint density at radius 1 is 1.04 bits per heavy atom. The van der Waals surface area contributed by atoms with Crippen molar-refractivity contribution in [3.05, 3.63) is 72.0 Å². The summed E-state index contributed by atoms with van der Waals surface area (Å²) in [5.41, 5.74) is 3.58. The average molecular weight is 381 g/mol. The lowest BCUT2D eigenvalue weighted by atomic mass is 10.0. The Balaban J connectivity index is 0.000000300. The molecule has 2 heterocycles. The maximum absolute atomic E-state index is 12.4. The summed E-state index contributed by atoms with van der Waals surface area (Å²) in [5, 5.41) is 16.5. The highest BCUT2D eigenvalue weighted by atomic mass is 16.4. The van der Waals surface area contributed by atoms with Gasteiger partial charge in [-0.1, -0.05) is 18.2 Å². The summed E-state index contributed by atoms with van der Waals surface area (Å²) in [6, 6.07) is 9.51. The second-order valence-corrected chi connectivity index (χ2v) is 5.78. The summed E-state index contributed by atoms with van der Waals surface area (Å²) in [6.07, 6.45) is 5.58. The zero-order valence-electron chi connectivity index (χ0n) is 15.1. The van der Waals surface area contributed by atoms with Crippen molar-refractivity contribution in [2.24, 2.45) is 0 Å². The number of rotatable bonds is 6. The molecule has 0 aliphatic heterocycles. The summed E-state index contributed by atoms with van der Waals surface area (Å²) in [7, 11) is 0. The number of carboxylic acids is 2. The van der Waals surface area contributed by atoms with E-state index < -0.39 is 11.9 Å². The molecule has 8 nitrogen and oxygen atoms in total. The lowest BCUT2D eigenvalue weighted by Crippen LogP contribution is -2.03. The number of carbonyl (C=O) groups excluding carboxylic acids is 1. The van der Waals surface area contributed by atoms with Crippen molar-refractivity contribution in [3.8, 4) is 0 Å². The number of ketones is 1. The van der Waals surface area contributed by atoms with Crippen LogP contribution in [0.25, 0.3) is 10.9 Å². The normalized spacial score (nSPS) is 10.5. The van der Waals surface area contributed by atoms with Crippen LogP contribution in [0.3, 0.4) is 0 Å². The number of carbonyl (C=O) groups is 3. The molecule has 2 aromatic heterocycles. The SMILES string of the molecule is Cc1[nH]cnc1CCC(=O)c1ccnc2ccccc12.O=C(O)/C=C\C(=O)O. The number of aromatic nitrogens is 3. The van der Waals surface area contributed by atoms with Crippen LogP contribution in [0, 0.1) is 6.92 Å². The minimum Gasteiger partial charge on any atom is -0.478 e. The summed E-state index contributed by atoms with van der Waals surface area (Å²) in [5.74, 6) is -2.38. The number of H-pyrrole nitrogens is 1. The van der Waals surface area contributed by atoms with Gasteiger partial charge in [0.1, 0.15) is 0 Å². The first-order valence-electron chi connectivity index (χ1n) is 8.38. The zero-order valence-corrected chi connectivity index (χ0v) is 15.1. The van der Waals surface area contributed by atoms with E-state index in [1.807, 2.05) is 31.2 Å². The van der Waals surface area contributed by atoms with Crippen molar-refractivity contribution >= 4 is 28.6 Å². The molecule has 0 atom stereocenters. The summed E-state index contributed by atoms with van der Waals surface area (Å²) in [4.78, 5) is 43.0. The Labute approximate surface area is 160 Å². The molecule has 0 spiro atoms. The maximum atomic E-state index is 12.4. The van der Waals surface area contributed by atoms with Crippen LogP contribution in [0.15, 0.2) is 55.0 Å². The van der Waals surface area contributed by atoms with Gasteiger partial charge in [0.2, 0.25) is 0 Å². The minimum atomic E-state index is -1.26. The van der Waals surface area contributed by atoms with Crippen LogP contribution in [0.2, 0.25) is 0 Å². The number of aryl methyl sites for hydroxylation is 2. The number of aliphatic carboxylic acids is 2. The third-order valence-electron chi connectivity index (χ3n) is 3.84. The number of carboxylic acid groups (broad SMARTS) is 2. The van der Waals surface area contributed by atoms with E-state index in [2.05, 4.69) is 15.0 Å². The molecule has 0 fully saturated rings. The second kappa shape index (κ2) is 9.77. The third kappa shape index (κ3) is 5.87. The van der Waals surface area contributed by atoms with E-state index in [9.17, 15) is 14.4 Å². The zero-order chi connectivity index (χ0) is 20.5. The van der Waals surface area contributed by atoms with Crippen molar-refractivity contribution in [2.75, 3.05) is 0 Å². The van der Waals surface area contributed by atoms with Gasteiger partial charge in [-0.25, -0.2) is 14.6 Å². The number of nitrogens with zero attached hydrogens (tertiary/aromatic N) is 2. The van der Waals surface area contributed by atoms with Gasteiger partial charge in [0.25, 0.3) is 0 Å². The summed E-state index contributed by atoms with van der Waals surface area (Å²) < 4.78 is 0. The second-order valence-electron chi connectivity index (χ2n) is 5.78. The Morgan fingerprint density at radius 3 is 2.32 bits per heavy atom. The van der Waals surface area contributed by atoms with Crippen molar-refractivity contribution in [3.63, 3.8) is 0 Å². The van der Waals surface area contributed by atoms with Crippen molar-refractivity contribution in [1.82, 2.24) is 15.0 Å². The van der Waals surface area contributed by atoms with Gasteiger partial charge in [-0.05, 0) is 25.5 Å². The predicted molar refractivity (Wildman–Crippen MR) is 102 cm³/mol. The fourth-order valence-corrected chi connectivity index (χ4v) is 2.49. The van der Waals surface area contributed by atoms with Crippen molar-refractivity contribution < 1.29 is 24.6 Å². The molecule has 0 unspecified atom stereocenters.